The number of ketones is 2. The Hall–Kier alpha value is -1.26. The zero-order chi connectivity index (χ0) is 17.7. The number of hydrogen-bond donors (Lipinski definition) is 2. The standard InChI is InChI=1S/C20H26O4/c1-10-11-5-6-12-19(4)8-7-14(21)18(2,3)13(19)9-15(22)20(12,16(10)23)17(11)24/h7-8,11-13,15,17,22,24H,1,5-6,9H2,2-4H3/t11-,12-,13+,15+,17+,19-,20-/m0/s1. The average molecular weight is 330 g/mol. The number of hydrogen-bond acceptors (Lipinski definition) is 4. The molecule has 0 aliphatic heterocycles. The van der Waals surface area contributed by atoms with E-state index in [1.807, 2.05) is 19.9 Å². The first-order valence-corrected chi connectivity index (χ1v) is 8.93. The topological polar surface area (TPSA) is 74.6 Å². The highest BCUT2D eigenvalue weighted by atomic mass is 16.3. The second-order valence-corrected chi connectivity index (χ2v) is 9.06. The summed E-state index contributed by atoms with van der Waals surface area (Å²) in [6.07, 6.45) is 3.65. The molecule has 7 atom stereocenters. The second-order valence-electron chi connectivity index (χ2n) is 9.06. The van der Waals surface area contributed by atoms with Gasteiger partial charge in [-0.1, -0.05) is 33.4 Å². The van der Waals surface area contributed by atoms with E-state index in [1.54, 1.807) is 6.08 Å². The Labute approximate surface area is 142 Å². The molecule has 3 saturated carbocycles. The number of rotatable bonds is 0. The summed E-state index contributed by atoms with van der Waals surface area (Å²) < 4.78 is 0. The minimum absolute atomic E-state index is 0.0430. The Kier molecular flexibility index (Phi) is 3.02. The maximum absolute atomic E-state index is 13.1. The summed E-state index contributed by atoms with van der Waals surface area (Å²) in [5, 5.41) is 22.0. The minimum Gasteiger partial charge on any atom is -0.392 e. The predicted molar refractivity (Wildman–Crippen MR) is 88.9 cm³/mol. The van der Waals surface area contributed by atoms with Crippen LogP contribution in [0, 0.1) is 34.0 Å². The van der Waals surface area contributed by atoms with E-state index in [0.29, 0.717) is 12.0 Å². The van der Waals surface area contributed by atoms with E-state index in [4.69, 9.17) is 0 Å². The van der Waals surface area contributed by atoms with Crippen LogP contribution in [-0.2, 0) is 9.59 Å². The molecule has 130 valence electrons. The lowest BCUT2D eigenvalue weighted by Gasteiger charge is -2.62. The van der Waals surface area contributed by atoms with Crippen molar-refractivity contribution in [2.24, 2.45) is 34.0 Å². The molecule has 1 spiro atoms. The summed E-state index contributed by atoms with van der Waals surface area (Å²) in [6, 6.07) is 0. The number of Topliss-reactive ketones (excluding diaryl/α,β-unsaturated/α-hetero) is 1. The lowest BCUT2D eigenvalue weighted by atomic mass is 9.41. The van der Waals surface area contributed by atoms with Crippen molar-refractivity contribution in [3.63, 3.8) is 0 Å². The third-order valence-electron chi connectivity index (χ3n) is 7.96. The monoisotopic (exact) mass is 330 g/mol. The van der Waals surface area contributed by atoms with Gasteiger partial charge in [0.15, 0.2) is 11.6 Å². The molecule has 0 heterocycles. The Balaban J connectivity index is 1.93. The molecule has 2 bridgehead atoms. The fraction of sp³-hybridized carbons (Fsp3) is 0.700. The van der Waals surface area contributed by atoms with Crippen molar-refractivity contribution in [2.45, 2.75) is 52.2 Å². The van der Waals surface area contributed by atoms with Crippen LogP contribution in [0.1, 0.15) is 40.0 Å². The number of carbonyl (C=O) groups is 2. The molecular weight excluding hydrogens is 304 g/mol. The van der Waals surface area contributed by atoms with E-state index in [-0.39, 0.29) is 34.7 Å². The van der Waals surface area contributed by atoms with Gasteiger partial charge in [0.1, 0.15) is 0 Å². The van der Waals surface area contributed by atoms with Gasteiger partial charge in [0, 0.05) is 11.3 Å². The van der Waals surface area contributed by atoms with Gasteiger partial charge < -0.3 is 10.2 Å². The van der Waals surface area contributed by atoms with Gasteiger partial charge in [0.2, 0.25) is 0 Å². The lowest BCUT2D eigenvalue weighted by Crippen LogP contribution is -2.67. The van der Waals surface area contributed by atoms with Gasteiger partial charge in [-0.3, -0.25) is 9.59 Å². The summed E-state index contributed by atoms with van der Waals surface area (Å²) in [7, 11) is 0. The van der Waals surface area contributed by atoms with Crippen LogP contribution in [0.2, 0.25) is 0 Å². The molecule has 0 aromatic heterocycles. The maximum Gasteiger partial charge on any atom is 0.170 e. The molecule has 4 nitrogen and oxygen atoms in total. The zero-order valence-electron chi connectivity index (χ0n) is 14.6. The van der Waals surface area contributed by atoms with Gasteiger partial charge in [-0.25, -0.2) is 0 Å². The average Bonchev–Trinajstić information content (AvgIpc) is 2.64. The van der Waals surface area contributed by atoms with Gasteiger partial charge in [-0.15, -0.1) is 0 Å². The number of carbonyl (C=O) groups excluding carboxylic acids is 2. The van der Waals surface area contributed by atoms with Crippen LogP contribution in [0.3, 0.4) is 0 Å². The molecule has 0 aromatic carbocycles. The van der Waals surface area contributed by atoms with E-state index in [1.165, 1.54) is 0 Å². The molecule has 3 fully saturated rings. The summed E-state index contributed by atoms with van der Waals surface area (Å²) in [4.78, 5) is 25.5. The number of aliphatic hydroxyl groups excluding tert-OH is 2. The lowest BCUT2D eigenvalue weighted by molar-refractivity contribution is -0.205. The van der Waals surface area contributed by atoms with Gasteiger partial charge in [0.25, 0.3) is 0 Å². The van der Waals surface area contributed by atoms with Gasteiger partial charge in [-0.05, 0) is 48.2 Å². The highest BCUT2D eigenvalue weighted by Gasteiger charge is 2.73. The van der Waals surface area contributed by atoms with Crippen molar-refractivity contribution >= 4 is 11.6 Å². The fourth-order valence-corrected chi connectivity index (χ4v) is 6.65. The van der Waals surface area contributed by atoms with Crippen LogP contribution >= 0.6 is 0 Å². The molecule has 4 aliphatic rings. The molecular formula is C20H26O4. The number of aliphatic hydroxyl groups is 2. The zero-order valence-corrected chi connectivity index (χ0v) is 14.6. The van der Waals surface area contributed by atoms with Gasteiger partial charge in [0.05, 0.1) is 17.6 Å². The normalized spacial score (nSPS) is 52.2. The molecule has 0 unspecified atom stereocenters. The second kappa shape index (κ2) is 4.47. The quantitative estimate of drug-likeness (QED) is 0.667. The largest absolute Gasteiger partial charge is 0.392 e. The Bertz CT molecular complexity index is 690. The molecule has 4 aliphatic carbocycles. The van der Waals surface area contributed by atoms with Crippen molar-refractivity contribution in [3.8, 4) is 0 Å². The summed E-state index contributed by atoms with van der Waals surface area (Å²) in [5.41, 5.74) is -1.64. The van der Waals surface area contributed by atoms with Crippen LogP contribution in [-0.4, -0.2) is 34.0 Å². The molecule has 0 saturated heterocycles. The van der Waals surface area contributed by atoms with Crippen molar-refractivity contribution in [2.75, 3.05) is 0 Å². The summed E-state index contributed by atoms with van der Waals surface area (Å²) in [5.74, 6) is -0.521. The van der Waals surface area contributed by atoms with E-state index in [2.05, 4.69) is 13.5 Å². The first kappa shape index (κ1) is 16.2. The minimum atomic E-state index is -1.15. The van der Waals surface area contributed by atoms with Gasteiger partial charge in [-0.2, -0.15) is 0 Å². The molecule has 4 rings (SSSR count). The summed E-state index contributed by atoms with van der Waals surface area (Å²) in [6.45, 7) is 9.89. The smallest absolute Gasteiger partial charge is 0.170 e. The predicted octanol–water partition coefficient (Wildman–Crippen LogP) is 2.05. The molecule has 24 heavy (non-hydrogen) atoms. The van der Waals surface area contributed by atoms with Crippen molar-refractivity contribution in [1.82, 2.24) is 0 Å². The van der Waals surface area contributed by atoms with Crippen LogP contribution in [0.5, 0.6) is 0 Å². The third-order valence-corrected chi connectivity index (χ3v) is 7.96. The van der Waals surface area contributed by atoms with Gasteiger partial charge >= 0.3 is 0 Å². The van der Waals surface area contributed by atoms with E-state index in [9.17, 15) is 19.8 Å². The fourth-order valence-electron chi connectivity index (χ4n) is 6.65. The number of allylic oxidation sites excluding steroid dienone is 2. The summed E-state index contributed by atoms with van der Waals surface area (Å²) >= 11 is 0. The van der Waals surface area contributed by atoms with Crippen LogP contribution in [0.25, 0.3) is 0 Å². The molecule has 0 aromatic rings. The Morgan fingerprint density at radius 1 is 1.12 bits per heavy atom. The van der Waals surface area contributed by atoms with Crippen LogP contribution < -0.4 is 0 Å². The first-order chi connectivity index (χ1) is 11.1. The SMILES string of the molecule is C=C1C(=O)[C@@]23[C@H](O)C[C@@H]4C(C)(C)C(=O)C=C[C@@]4(C)[C@@H]2CC[C@@H]1[C@H]3O. The Morgan fingerprint density at radius 2 is 1.79 bits per heavy atom. The molecule has 0 radical (unpaired) electrons. The van der Waals surface area contributed by atoms with E-state index < -0.39 is 23.0 Å². The molecule has 0 amide bonds. The van der Waals surface area contributed by atoms with E-state index >= 15 is 0 Å². The van der Waals surface area contributed by atoms with Crippen LogP contribution in [0.15, 0.2) is 24.3 Å². The highest BCUT2D eigenvalue weighted by molar-refractivity contribution is 6.04. The van der Waals surface area contributed by atoms with Crippen molar-refractivity contribution in [1.29, 1.82) is 0 Å². The van der Waals surface area contributed by atoms with Crippen molar-refractivity contribution < 1.29 is 19.8 Å². The molecule has 2 N–H and O–H groups in total. The maximum atomic E-state index is 13.1. The Morgan fingerprint density at radius 3 is 2.46 bits per heavy atom. The van der Waals surface area contributed by atoms with E-state index in [0.717, 1.165) is 12.8 Å². The third kappa shape index (κ3) is 1.49. The van der Waals surface area contributed by atoms with Crippen molar-refractivity contribution in [3.05, 3.63) is 24.3 Å². The molecule has 4 heteroatoms. The number of fused-ring (bicyclic) bond motifs is 3. The van der Waals surface area contributed by atoms with Crippen LogP contribution in [0.4, 0.5) is 0 Å². The first-order valence-electron chi connectivity index (χ1n) is 8.93. The highest BCUT2D eigenvalue weighted by Crippen LogP contribution is 2.69.